The summed E-state index contributed by atoms with van der Waals surface area (Å²) in [4.78, 5) is 11.6. The average molecular weight is 249 g/mol. The molecule has 0 N–H and O–H groups in total. The first kappa shape index (κ1) is 12.6. The normalized spacial score (nSPS) is 10.1. The van der Waals surface area contributed by atoms with Crippen LogP contribution in [0.4, 0.5) is 0 Å². The first-order valence-electron chi connectivity index (χ1n) is 5.73. The Balaban J connectivity index is 2.06. The van der Waals surface area contributed by atoms with E-state index in [1.807, 2.05) is 36.4 Å². The molecule has 0 atom stereocenters. The van der Waals surface area contributed by atoms with Gasteiger partial charge in [-0.3, -0.25) is 0 Å². The molecule has 0 fully saturated rings. The van der Waals surface area contributed by atoms with Gasteiger partial charge in [0, 0.05) is 6.08 Å². The molecule has 0 aliphatic heterocycles. The predicted molar refractivity (Wildman–Crippen MR) is 72.3 cm³/mol. The van der Waals surface area contributed by atoms with Gasteiger partial charge in [-0.2, -0.15) is 5.26 Å². The predicted octanol–water partition coefficient (Wildman–Crippen LogP) is 3.18. The molecule has 0 unspecified atom stereocenters. The lowest BCUT2D eigenvalue weighted by Gasteiger charge is -2.02. The highest BCUT2D eigenvalue weighted by atomic mass is 16.5. The van der Waals surface area contributed by atoms with Crippen LogP contribution in [0.15, 0.2) is 60.7 Å². The van der Waals surface area contributed by atoms with E-state index in [1.54, 1.807) is 30.3 Å². The lowest BCUT2D eigenvalue weighted by atomic mass is 10.2. The molecule has 0 saturated heterocycles. The van der Waals surface area contributed by atoms with Crippen LogP contribution in [0.5, 0.6) is 5.75 Å². The number of para-hydroxylation sites is 1. The van der Waals surface area contributed by atoms with Crippen molar-refractivity contribution in [1.82, 2.24) is 0 Å². The van der Waals surface area contributed by atoms with Gasteiger partial charge in [0.15, 0.2) is 0 Å². The number of benzene rings is 2. The molecule has 0 saturated carbocycles. The third kappa shape index (κ3) is 3.55. The van der Waals surface area contributed by atoms with E-state index in [9.17, 15) is 4.79 Å². The van der Waals surface area contributed by atoms with Crippen molar-refractivity contribution >= 4 is 12.0 Å². The Labute approximate surface area is 111 Å². The third-order valence-electron chi connectivity index (χ3n) is 2.43. The van der Waals surface area contributed by atoms with Gasteiger partial charge in [0.05, 0.1) is 5.56 Å². The van der Waals surface area contributed by atoms with Crippen LogP contribution in [0.25, 0.3) is 6.08 Å². The Bertz CT molecular complexity index is 639. The van der Waals surface area contributed by atoms with Crippen LogP contribution >= 0.6 is 0 Å². The summed E-state index contributed by atoms with van der Waals surface area (Å²) >= 11 is 0. The molecule has 2 rings (SSSR count). The van der Waals surface area contributed by atoms with Gasteiger partial charge in [-0.05, 0) is 23.8 Å². The van der Waals surface area contributed by atoms with Crippen molar-refractivity contribution in [2.45, 2.75) is 0 Å². The lowest BCUT2D eigenvalue weighted by molar-refractivity contribution is -0.128. The van der Waals surface area contributed by atoms with Gasteiger partial charge in [-0.1, -0.05) is 42.5 Å². The van der Waals surface area contributed by atoms with Gasteiger partial charge >= 0.3 is 5.97 Å². The molecule has 3 nitrogen and oxygen atoms in total. The first-order chi connectivity index (χ1) is 9.29. The minimum absolute atomic E-state index is 0.271. The molecule has 0 aliphatic rings. The van der Waals surface area contributed by atoms with Gasteiger partial charge in [0.2, 0.25) is 0 Å². The Morgan fingerprint density at radius 2 is 1.74 bits per heavy atom. The summed E-state index contributed by atoms with van der Waals surface area (Å²) in [6.07, 6.45) is 3.00. The summed E-state index contributed by atoms with van der Waals surface area (Å²) in [6.45, 7) is 0. The Kier molecular flexibility index (Phi) is 4.09. The zero-order chi connectivity index (χ0) is 13.5. The van der Waals surface area contributed by atoms with Crippen molar-refractivity contribution in [1.29, 1.82) is 5.26 Å². The lowest BCUT2D eigenvalue weighted by Crippen LogP contribution is -2.04. The van der Waals surface area contributed by atoms with Crippen molar-refractivity contribution in [2.24, 2.45) is 0 Å². The van der Waals surface area contributed by atoms with Gasteiger partial charge in [0.1, 0.15) is 11.8 Å². The molecule has 0 aliphatic carbocycles. The van der Waals surface area contributed by atoms with Gasteiger partial charge in [-0.15, -0.1) is 0 Å². The monoisotopic (exact) mass is 249 g/mol. The fourth-order valence-electron chi connectivity index (χ4n) is 1.52. The number of ether oxygens (including phenoxy) is 1. The minimum Gasteiger partial charge on any atom is -0.422 e. The van der Waals surface area contributed by atoms with Crippen LogP contribution in [0.1, 0.15) is 11.1 Å². The Morgan fingerprint density at radius 1 is 1.05 bits per heavy atom. The van der Waals surface area contributed by atoms with E-state index in [0.717, 1.165) is 5.56 Å². The number of nitrogens with zero attached hydrogens (tertiary/aromatic N) is 1. The summed E-state index contributed by atoms with van der Waals surface area (Å²) in [7, 11) is 0. The minimum atomic E-state index is -0.508. The second-order valence-electron chi connectivity index (χ2n) is 3.77. The molecule has 2 aromatic carbocycles. The van der Waals surface area contributed by atoms with E-state index < -0.39 is 5.97 Å². The van der Waals surface area contributed by atoms with Gasteiger partial charge in [-0.25, -0.2) is 4.79 Å². The maximum Gasteiger partial charge on any atom is 0.336 e. The van der Waals surface area contributed by atoms with Gasteiger partial charge < -0.3 is 4.74 Å². The first-order valence-corrected chi connectivity index (χ1v) is 5.73. The number of hydrogen-bond acceptors (Lipinski definition) is 3. The standard InChI is InChI=1S/C16H11NO2/c17-12-14-8-4-5-9-15(14)19-16(18)11-10-13-6-2-1-3-7-13/h1-11H. The highest BCUT2D eigenvalue weighted by Crippen LogP contribution is 2.16. The summed E-state index contributed by atoms with van der Waals surface area (Å²) in [5.74, 6) is -0.237. The topological polar surface area (TPSA) is 50.1 Å². The molecule has 0 spiro atoms. The number of esters is 1. The quantitative estimate of drug-likeness (QED) is 0.477. The molecule has 0 heterocycles. The number of nitriles is 1. The van der Waals surface area contributed by atoms with Crippen LogP contribution in [0.3, 0.4) is 0 Å². The van der Waals surface area contributed by atoms with E-state index in [1.165, 1.54) is 6.08 Å². The van der Waals surface area contributed by atoms with Crippen LogP contribution in [-0.2, 0) is 4.79 Å². The largest absolute Gasteiger partial charge is 0.422 e. The molecular weight excluding hydrogens is 238 g/mol. The number of carbonyl (C=O) groups is 1. The Hall–Kier alpha value is -2.86. The second-order valence-corrected chi connectivity index (χ2v) is 3.77. The smallest absolute Gasteiger partial charge is 0.336 e. The Morgan fingerprint density at radius 3 is 2.47 bits per heavy atom. The van der Waals surface area contributed by atoms with Crippen LogP contribution in [0, 0.1) is 11.3 Å². The zero-order valence-corrected chi connectivity index (χ0v) is 10.1. The summed E-state index contributed by atoms with van der Waals surface area (Å²) in [5, 5.41) is 8.88. The maximum absolute atomic E-state index is 11.6. The van der Waals surface area contributed by atoms with E-state index >= 15 is 0 Å². The van der Waals surface area contributed by atoms with Crippen LogP contribution in [-0.4, -0.2) is 5.97 Å². The third-order valence-corrected chi connectivity index (χ3v) is 2.43. The summed E-state index contributed by atoms with van der Waals surface area (Å²) in [5.41, 5.74) is 1.25. The number of rotatable bonds is 3. The average Bonchev–Trinajstić information content (AvgIpc) is 2.47. The SMILES string of the molecule is N#Cc1ccccc1OC(=O)C=Cc1ccccc1. The summed E-state index contributed by atoms with van der Waals surface area (Å²) in [6, 6.07) is 18.0. The molecule has 19 heavy (non-hydrogen) atoms. The van der Waals surface area contributed by atoms with E-state index in [0.29, 0.717) is 5.56 Å². The fourth-order valence-corrected chi connectivity index (χ4v) is 1.52. The zero-order valence-electron chi connectivity index (χ0n) is 10.1. The van der Waals surface area contributed by atoms with Crippen LogP contribution in [0.2, 0.25) is 0 Å². The van der Waals surface area contributed by atoms with Crippen molar-refractivity contribution < 1.29 is 9.53 Å². The molecule has 3 heteroatoms. The number of carbonyl (C=O) groups excluding carboxylic acids is 1. The van der Waals surface area contributed by atoms with Crippen molar-refractivity contribution in [2.75, 3.05) is 0 Å². The highest BCUT2D eigenvalue weighted by Gasteiger charge is 2.05. The van der Waals surface area contributed by atoms with Gasteiger partial charge in [0.25, 0.3) is 0 Å². The van der Waals surface area contributed by atoms with Crippen molar-refractivity contribution in [3.8, 4) is 11.8 Å². The van der Waals surface area contributed by atoms with E-state index in [4.69, 9.17) is 10.00 Å². The van der Waals surface area contributed by atoms with E-state index in [2.05, 4.69) is 0 Å². The molecule has 0 aromatic heterocycles. The molecule has 92 valence electrons. The number of hydrogen-bond donors (Lipinski definition) is 0. The second kappa shape index (κ2) is 6.18. The summed E-state index contributed by atoms with van der Waals surface area (Å²) < 4.78 is 5.11. The van der Waals surface area contributed by atoms with Crippen molar-refractivity contribution in [3.05, 3.63) is 71.8 Å². The van der Waals surface area contributed by atoms with Crippen molar-refractivity contribution in [3.63, 3.8) is 0 Å². The van der Waals surface area contributed by atoms with Crippen LogP contribution < -0.4 is 4.74 Å². The van der Waals surface area contributed by atoms with E-state index in [-0.39, 0.29) is 5.75 Å². The molecule has 0 amide bonds. The highest BCUT2D eigenvalue weighted by molar-refractivity contribution is 5.89. The molecule has 2 aromatic rings. The molecular formula is C16H11NO2. The maximum atomic E-state index is 11.6. The molecule has 0 radical (unpaired) electrons. The molecule has 0 bridgehead atoms. The fraction of sp³-hybridized carbons (Fsp3) is 0.